The third kappa shape index (κ3) is 4.43. The van der Waals surface area contributed by atoms with Crippen molar-refractivity contribution in [3.63, 3.8) is 0 Å². The van der Waals surface area contributed by atoms with E-state index in [2.05, 4.69) is 5.32 Å². The third-order valence-corrected chi connectivity index (χ3v) is 4.67. The minimum absolute atomic E-state index is 0.291. The van der Waals surface area contributed by atoms with Gasteiger partial charge in [-0.2, -0.15) is 5.10 Å². The summed E-state index contributed by atoms with van der Waals surface area (Å²) in [5, 5.41) is 9.59. The maximum atomic E-state index is 13.0. The molecule has 1 aromatic heterocycles. The van der Waals surface area contributed by atoms with Gasteiger partial charge < -0.3 is 14.8 Å². The fourth-order valence-corrected chi connectivity index (χ4v) is 3.22. The Hall–Kier alpha value is -3.25. The van der Waals surface area contributed by atoms with Gasteiger partial charge in [0.15, 0.2) is 5.82 Å². The van der Waals surface area contributed by atoms with Crippen LogP contribution >= 0.6 is 11.6 Å². The molecule has 0 saturated carbocycles. The number of halogens is 2. The first-order valence-electron chi connectivity index (χ1n) is 9.08. The first-order valence-corrected chi connectivity index (χ1v) is 9.46. The Labute approximate surface area is 172 Å². The number of hydrogen-bond donors (Lipinski definition) is 1. The van der Waals surface area contributed by atoms with Crippen LogP contribution < -0.4 is 14.8 Å². The minimum atomic E-state index is -0.291. The van der Waals surface area contributed by atoms with E-state index in [9.17, 15) is 4.39 Å². The van der Waals surface area contributed by atoms with Crippen molar-refractivity contribution in [1.82, 2.24) is 9.78 Å². The van der Waals surface area contributed by atoms with Crippen LogP contribution in [-0.4, -0.2) is 23.5 Å². The smallest absolute Gasteiger partial charge is 0.160 e. The van der Waals surface area contributed by atoms with Crippen molar-refractivity contribution in [3.8, 4) is 11.5 Å². The highest BCUT2D eigenvalue weighted by molar-refractivity contribution is 6.30. The molecule has 148 valence electrons. The van der Waals surface area contributed by atoms with Crippen molar-refractivity contribution in [2.75, 3.05) is 19.0 Å². The topological polar surface area (TPSA) is 48.3 Å². The summed E-state index contributed by atoms with van der Waals surface area (Å²) in [4.78, 5) is 0. The molecule has 1 heterocycles. The molecule has 0 spiro atoms. The van der Waals surface area contributed by atoms with Gasteiger partial charge in [-0.25, -0.2) is 4.39 Å². The summed E-state index contributed by atoms with van der Waals surface area (Å²) in [6.07, 6.45) is 0. The van der Waals surface area contributed by atoms with Gasteiger partial charge in [0.25, 0.3) is 0 Å². The maximum Gasteiger partial charge on any atom is 0.160 e. The van der Waals surface area contributed by atoms with E-state index >= 15 is 0 Å². The number of hydrogen-bond acceptors (Lipinski definition) is 4. The fourth-order valence-electron chi connectivity index (χ4n) is 3.03. The largest absolute Gasteiger partial charge is 0.497 e. The summed E-state index contributed by atoms with van der Waals surface area (Å²) in [7, 11) is 1.63. The lowest BCUT2D eigenvalue weighted by Crippen LogP contribution is -2.09. The van der Waals surface area contributed by atoms with E-state index < -0.39 is 0 Å². The lowest BCUT2D eigenvalue weighted by atomic mass is 10.2. The van der Waals surface area contributed by atoms with Crippen LogP contribution in [0, 0.1) is 5.82 Å². The number of nitrogens with zero attached hydrogens (tertiary/aromatic N) is 2. The van der Waals surface area contributed by atoms with Crippen LogP contribution in [0.4, 0.5) is 15.9 Å². The van der Waals surface area contributed by atoms with Crippen LogP contribution in [0.25, 0.3) is 10.9 Å². The molecule has 0 fully saturated rings. The second kappa shape index (κ2) is 8.41. The average Bonchev–Trinajstić information content (AvgIpc) is 3.06. The number of nitrogens with one attached hydrogen (secondary N) is 1. The monoisotopic (exact) mass is 411 g/mol. The SMILES string of the molecule is COc1ccc2c(c1)c(Nc1cccc(Cl)c1)nn2CCOc1ccc(F)cc1. The molecule has 0 bridgehead atoms. The van der Waals surface area contributed by atoms with Crippen molar-refractivity contribution in [2.45, 2.75) is 6.54 Å². The number of benzene rings is 3. The van der Waals surface area contributed by atoms with E-state index in [4.69, 9.17) is 26.2 Å². The van der Waals surface area contributed by atoms with Gasteiger partial charge in [0.05, 0.1) is 19.2 Å². The van der Waals surface area contributed by atoms with E-state index in [1.807, 2.05) is 47.1 Å². The van der Waals surface area contributed by atoms with Gasteiger partial charge >= 0.3 is 0 Å². The zero-order chi connectivity index (χ0) is 20.2. The van der Waals surface area contributed by atoms with E-state index in [1.165, 1.54) is 12.1 Å². The molecule has 29 heavy (non-hydrogen) atoms. The third-order valence-electron chi connectivity index (χ3n) is 4.43. The Morgan fingerprint density at radius 2 is 1.83 bits per heavy atom. The van der Waals surface area contributed by atoms with Crippen LogP contribution in [0.15, 0.2) is 66.7 Å². The Morgan fingerprint density at radius 1 is 1.03 bits per heavy atom. The highest BCUT2D eigenvalue weighted by Crippen LogP contribution is 2.30. The van der Waals surface area contributed by atoms with Crippen molar-refractivity contribution < 1.29 is 13.9 Å². The molecule has 0 aliphatic rings. The van der Waals surface area contributed by atoms with Gasteiger partial charge in [0.2, 0.25) is 0 Å². The molecular formula is C22H19ClFN3O2. The van der Waals surface area contributed by atoms with Gasteiger partial charge in [-0.3, -0.25) is 4.68 Å². The second-order valence-corrected chi connectivity index (χ2v) is 6.83. The van der Waals surface area contributed by atoms with Crippen molar-refractivity contribution in [2.24, 2.45) is 0 Å². The van der Waals surface area contributed by atoms with Crippen LogP contribution in [0.5, 0.6) is 11.5 Å². The lowest BCUT2D eigenvalue weighted by Gasteiger charge is -2.07. The van der Waals surface area contributed by atoms with Gasteiger partial charge in [-0.05, 0) is 60.7 Å². The minimum Gasteiger partial charge on any atom is -0.497 e. The van der Waals surface area contributed by atoms with Crippen molar-refractivity contribution in [3.05, 3.63) is 77.6 Å². The summed E-state index contributed by atoms with van der Waals surface area (Å²) in [5.41, 5.74) is 1.78. The predicted molar refractivity (Wildman–Crippen MR) is 113 cm³/mol. The molecule has 4 aromatic rings. The second-order valence-electron chi connectivity index (χ2n) is 6.39. The molecule has 5 nitrogen and oxygen atoms in total. The number of rotatable bonds is 7. The molecule has 0 unspecified atom stereocenters. The molecule has 3 aromatic carbocycles. The zero-order valence-electron chi connectivity index (χ0n) is 15.7. The molecule has 0 atom stereocenters. The Morgan fingerprint density at radius 3 is 2.59 bits per heavy atom. The zero-order valence-corrected chi connectivity index (χ0v) is 16.5. The maximum absolute atomic E-state index is 13.0. The first-order chi connectivity index (χ1) is 14.1. The van der Waals surface area contributed by atoms with Crippen LogP contribution in [0.3, 0.4) is 0 Å². The molecule has 7 heteroatoms. The van der Waals surface area contributed by atoms with Gasteiger partial charge in [0.1, 0.15) is 23.9 Å². The summed E-state index contributed by atoms with van der Waals surface area (Å²) in [6.45, 7) is 0.919. The standard InChI is InChI=1S/C22H19ClFN3O2/c1-28-19-9-10-21-20(14-19)22(25-17-4-2-3-15(23)13-17)26-27(21)11-12-29-18-7-5-16(24)6-8-18/h2-10,13-14H,11-12H2,1H3,(H,25,26). The van der Waals surface area contributed by atoms with Gasteiger partial charge in [-0.1, -0.05) is 17.7 Å². The number of anilines is 2. The predicted octanol–water partition coefficient (Wildman–Crippen LogP) is 5.66. The average molecular weight is 412 g/mol. The number of fused-ring (bicyclic) bond motifs is 1. The summed E-state index contributed by atoms with van der Waals surface area (Å²) >= 11 is 6.09. The number of aromatic nitrogens is 2. The quantitative estimate of drug-likeness (QED) is 0.426. The van der Waals surface area contributed by atoms with Gasteiger partial charge in [0, 0.05) is 16.1 Å². The lowest BCUT2D eigenvalue weighted by molar-refractivity contribution is 0.293. The number of ether oxygens (including phenoxy) is 2. The molecule has 0 aliphatic heterocycles. The summed E-state index contributed by atoms with van der Waals surface area (Å²) in [5.74, 6) is 1.76. The molecule has 4 rings (SSSR count). The first kappa shape index (κ1) is 19.1. The summed E-state index contributed by atoms with van der Waals surface area (Å²) < 4.78 is 26.0. The highest BCUT2D eigenvalue weighted by Gasteiger charge is 2.12. The van der Waals surface area contributed by atoms with Crippen LogP contribution in [0.2, 0.25) is 5.02 Å². The van der Waals surface area contributed by atoms with Crippen LogP contribution in [-0.2, 0) is 6.54 Å². The van der Waals surface area contributed by atoms with Gasteiger partial charge in [-0.15, -0.1) is 0 Å². The van der Waals surface area contributed by atoms with E-state index in [0.717, 1.165) is 22.3 Å². The molecule has 0 amide bonds. The molecular weight excluding hydrogens is 393 g/mol. The molecule has 0 saturated heterocycles. The van der Waals surface area contributed by atoms with E-state index in [1.54, 1.807) is 19.2 Å². The van der Waals surface area contributed by atoms with E-state index in [-0.39, 0.29) is 5.82 Å². The number of methoxy groups -OCH3 is 1. The van der Waals surface area contributed by atoms with Crippen molar-refractivity contribution in [1.29, 1.82) is 0 Å². The highest BCUT2D eigenvalue weighted by atomic mass is 35.5. The van der Waals surface area contributed by atoms with Crippen molar-refractivity contribution >= 4 is 34.0 Å². The van der Waals surface area contributed by atoms with E-state index in [0.29, 0.717) is 29.7 Å². The Balaban J connectivity index is 1.58. The Kier molecular flexibility index (Phi) is 5.53. The summed E-state index contributed by atoms with van der Waals surface area (Å²) in [6, 6.07) is 19.2. The Bertz CT molecular complexity index is 1130. The van der Waals surface area contributed by atoms with Crippen LogP contribution in [0.1, 0.15) is 0 Å². The normalized spacial score (nSPS) is 10.9. The molecule has 0 radical (unpaired) electrons. The fraction of sp³-hybridized carbons (Fsp3) is 0.136. The molecule has 1 N–H and O–H groups in total. The molecule has 0 aliphatic carbocycles.